The van der Waals surface area contributed by atoms with Crippen molar-refractivity contribution in [1.29, 1.82) is 0 Å². The summed E-state index contributed by atoms with van der Waals surface area (Å²) in [5.41, 5.74) is 0.815. The molecule has 1 aliphatic rings. The van der Waals surface area contributed by atoms with E-state index in [0.717, 1.165) is 5.57 Å². The van der Waals surface area contributed by atoms with Gasteiger partial charge in [-0.25, -0.2) is 0 Å². The van der Waals surface area contributed by atoms with E-state index >= 15 is 0 Å². The van der Waals surface area contributed by atoms with E-state index in [2.05, 4.69) is 6.58 Å². The van der Waals surface area contributed by atoms with Crippen LogP contribution in [0.25, 0.3) is 0 Å². The zero-order chi connectivity index (χ0) is 11.0. The maximum absolute atomic E-state index is 9.58. The first-order valence-electron chi connectivity index (χ1n) is 5.04. The average Bonchev–Trinajstić information content (AvgIpc) is 3.05. The van der Waals surface area contributed by atoms with Crippen molar-refractivity contribution >= 4 is 0 Å². The van der Waals surface area contributed by atoms with Crippen molar-refractivity contribution in [2.75, 3.05) is 6.61 Å². The molecular weight excluding hydrogens is 176 g/mol. The molecule has 1 rings (SSSR count). The monoisotopic (exact) mass is 196 g/mol. The molecule has 0 amide bonds. The molecular formula is C12H20O2. The fraction of sp³-hybridized carbons (Fsp3) is 0.500. The zero-order valence-electron chi connectivity index (χ0n) is 9.23. The van der Waals surface area contributed by atoms with E-state index in [1.165, 1.54) is 0 Å². The summed E-state index contributed by atoms with van der Waals surface area (Å²) in [7, 11) is 0. The number of allylic oxidation sites excluding steroid dienone is 3. The topological polar surface area (TPSA) is 32.8 Å². The van der Waals surface area contributed by atoms with Gasteiger partial charge in [-0.05, 0) is 12.5 Å². The molecule has 2 unspecified atom stereocenters. The molecule has 0 aromatic heterocycles. The Balaban J connectivity index is 0.000000791. The Bertz CT molecular complexity index is 212. The molecule has 0 saturated carbocycles. The molecule has 0 aromatic rings. The highest BCUT2D eigenvalue weighted by atomic mass is 16.6. The van der Waals surface area contributed by atoms with E-state index in [-0.39, 0.29) is 6.10 Å². The first-order chi connectivity index (χ1) is 6.79. The maximum Gasteiger partial charge on any atom is 0.111 e. The molecule has 1 fully saturated rings. The summed E-state index contributed by atoms with van der Waals surface area (Å²) < 4.78 is 4.97. The van der Waals surface area contributed by atoms with Crippen LogP contribution in [0.3, 0.4) is 0 Å². The van der Waals surface area contributed by atoms with E-state index in [1.54, 1.807) is 6.08 Å². The molecule has 1 saturated heterocycles. The predicted molar refractivity (Wildman–Crippen MR) is 60.2 cm³/mol. The summed E-state index contributed by atoms with van der Waals surface area (Å²) in [6.45, 7) is 10.2. The van der Waals surface area contributed by atoms with Crippen LogP contribution in [0.5, 0.6) is 0 Å². The number of hydrogen-bond acceptors (Lipinski definition) is 2. The van der Waals surface area contributed by atoms with Gasteiger partial charge in [0.05, 0.1) is 6.61 Å². The highest BCUT2D eigenvalue weighted by Gasteiger charge is 2.32. The van der Waals surface area contributed by atoms with Crippen LogP contribution in [0.15, 0.2) is 36.5 Å². The van der Waals surface area contributed by atoms with Crippen molar-refractivity contribution in [3.05, 3.63) is 36.5 Å². The lowest BCUT2D eigenvalue weighted by Gasteiger charge is -2.06. The van der Waals surface area contributed by atoms with Crippen molar-refractivity contribution in [3.63, 3.8) is 0 Å². The van der Waals surface area contributed by atoms with E-state index in [9.17, 15) is 5.11 Å². The molecule has 2 heteroatoms. The lowest BCUT2D eigenvalue weighted by atomic mass is 10.1. The van der Waals surface area contributed by atoms with Gasteiger partial charge < -0.3 is 9.84 Å². The minimum Gasteiger partial charge on any atom is -0.386 e. The molecule has 14 heavy (non-hydrogen) atoms. The molecule has 0 bridgehead atoms. The van der Waals surface area contributed by atoms with Crippen LogP contribution < -0.4 is 0 Å². The molecule has 0 aliphatic carbocycles. The van der Waals surface area contributed by atoms with Gasteiger partial charge in [0.25, 0.3) is 0 Å². The standard InChI is InChI=1S/C10H14O2.C2H6/c1-3-5-6-8(4-2)10(11)9-7-12-9;1-2/h3-6,9-11H,2,7H2,1H3;1-2H3/b5-3-,8-6+;. The summed E-state index contributed by atoms with van der Waals surface area (Å²) in [4.78, 5) is 0. The van der Waals surface area contributed by atoms with Crippen LogP contribution >= 0.6 is 0 Å². The van der Waals surface area contributed by atoms with Crippen molar-refractivity contribution in [2.45, 2.75) is 33.0 Å². The third-order valence-electron chi connectivity index (χ3n) is 1.77. The molecule has 1 N–H and O–H groups in total. The third kappa shape index (κ3) is 4.40. The van der Waals surface area contributed by atoms with E-state index in [0.29, 0.717) is 6.61 Å². The number of epoxide rings is 1. The Morgan fingerprint density at radius 1 is 1.57 bits per heavy atom. The Hall–Kier alpha value is -0.860. The highest BCUT2D eigenvalue weighted by Crippen LogP contribution is 2.20. The zero-order valence-corrected chi connectivity index (χ0v) is 9.23. The Labute approximate surface area is 86.6 Å². The van der Waals surface area contributed by atoms with Crippen LogP contribution in [0.4, 0.5) is 0 Å². The van der Waals surface area contributed by atoms with Gasteiger partial charge in [0.2, 0.25) is 0 Å². The quantitative estimate of drug-likeness (QED) is 0.553. The van der Waals surface area contributed by atoms with E-state index in [4.69, 9.17) is 4.74 Å². The number of rotatable bonds is 4. The van der Waals surface area contributed by atoms with Gasteiger partial charge in [0, 0.05) is 0 Å². The fourth-order valence-corrected chi connectivity index (χ4v) is 0.947. The lowest BCUT2D eigenvalue weighted by Crippen LogP contribution is -2.16. The lowest BCUT2D eigenvalue weighted by molar-refractivity contribution is 0.170. The molecule has 1 heterocycles. The largest absolute Gasteiger partial charge is 0.386 e. The van der Waals surface area contributed by atoms with Crippen molar-refractivity contribution < 1.29 is 9.84 Å². The summed E-state index contributed by atoms with van der Waals surface area (Å²) in [5, 5.41) is 9.58. The second-order valence-corrected chi connectivity index (χ2v) is 2.71. The van der Waals surface area contributed by atoms with Gasteiger partial charge in [0.1, 0.15) is 12.2 Å². The number of hydrogen-bond donors (Lipinski definition) is 1. The summed E-state index contributed by atoms with van der Waals surface area (Å²) in [6, 6.07) is 0. The number of aliphatic hydroxyl groups is 1. The van der Waals surface area contributed by atoms with Crippen LogP contribution in [-0.2, 0) is 4.74 Å². The first-order valence-corrected chi connectivity index (χ1v) is 5.04. The number of ether oxygens (including phenoxy) is 1. The Morgan fingerprint density at radius 3 is 2.50 bits per heavy atom. The molecule has 0 spiro atoms. The SMILES string of the molecule is C=C/C(=C\C=C/C)C(O)C1CO1.CC. The van der Waals surface area contributed by atoms with E-state index in [1.807, 2.05) is 39.0 Å². The summed E-state index contributed by atoms with van der Waals surface area (Å²) in [6.07, 6.45) is 6.76. The second kappa shape index (κ2) is 7.54. The fourth-order valence-electron chi connectivity index (χ4n) is 0.947. The minimum atomic E-state index is -0.515. The van der Waals surface area contributed by atoms with Crippen LogP contribution in [0, 0.1) is 0 Å². The highest BCUT2D eigenvalue weighted by molar-refractivity contribution is 5.27. The molecule has 0 radical (unpaired) electrons. The average molecular weight is 196 g/mol. The molecule has 2 nitrogen and oxygen atoms in total. The van der Waals surface area contributed by atoms with E-state index < -0.39 is 6.10 Å². The van der Waals surface area contributed by atoms with Crippen molar-refractivity contribution in [1.82, 2.24) is 0 Å². The minimum absolute atomic E-state index is 0.0143. The third-order valence-corrected chi connectivity index (χ3v) is 1.77. The molecule has 2 atom stereocenters. The molecule has 1 aliphatic heterocycles. The van der Waals surface area contributed by atoms with Gasteiger partial charge >= 0.3 is 0 Å². The Morgan fingerprint density at radius 2 is 2.14 bits per heavy atom. The van der Waals surface area contributed by atoms with Crippen LogP contribution in [0.2, 0.25) is 0 Å². The molecule has 80 valence electrons. The van der Waals surface area contributed by atoms with Crippen LogP contribution in [0.1, 0.15) is 20.8 Å². The molecule has 0 aromatic carbocycles. The van der Waals surface area contributed by atoms with Gasteiger partial charge in [0.15, 0.2) is 0 Å². The first kappa shape index (κ1) is 13.1. The number of aliphatic hydroxyl groups excluding tert-OH is 1. The van der Waals surface area contributed by atoms with Gasteiger partial charge in [-0.3, -0.25) is 0 Å². The van der Waals surface area contributed by atoms with Crippen molar-refractivity contribution in [2.24, 2.45) is 0 Å². The van der Waals surface area contributed by atoms with Gasteiger partial charge in [-0.15, -0.1) is 0 Å². The second-order valence-electron chi connectivity index (χ2n) is 2.71. The summed E-state index contributed by atoms with van der Waals surface area (Å²) in [5.74, 6) is 0. The van der Waals surface area contributed by atoms with Crippen molar-refractivity contribution in [3.8, 4) is 0 Å². The van der Waals surface area contributed by atoms with Gasteiger partial charge in [-0.2, -0.15) is 0 Å². The predicted octanol–water partition coefficient (Wildman–Crippen LogP) is 2.46. The smallest absolute Gasteiger partial charge is 0.111 e. The summed E-state index contributed by atoms with van der Waals surface area (Å²) >= 11 is 0. The Kier molecular flexibility index (Phi) is 7.07. The maximum atomic E-state index is 9.58. The van der Waals surface area contributed by atoms with Crippen LogP contribution in [-0.4, -0.2) is 23.9 Å². The van der Waals surface area contributed by atoms with Gasteiger partial charge in [-0.1, -0.05) is 44.7 Å². The normalized spacial score (nSPS) is 22.6.